The van der Waals surface area contributed by atoms with Crippen molar-refractivity contribution in [1.82, 2.24) is 0 Å². The van der Waals surface area contributed by atoms with E-state index in [1.54, 1.807) is 43.5 Å². The normalized spacial score (nSPS) is 11.0. The highest BCUT2D eigenvalue weighted by atomic mass is 32.1. The van der Waals surface area contributed by atoms with Crippen molar-refractivity contribution in [3.05, 3.63) is 70.9 Å². The number of aliphatic imine (C=N–C) groups is 1. The largest absolute Gasteiger partial charge is 0.495 e. The van der Waals surface area contributed by atoms with Gasteiger partial charge in [0.1, 0.15) is 11.6 Å². The van der Waals surface area contributed by atoms with Gasteiger partial charge in [0.05, 0.1) is 23.4 Å². The molecule has 0 aliphatic heterocycles. The molecule has 0 atom stereocenters. The van der Waals surface area contributed by atoms with Crippen molar-refractivity contribution >= 4 is 40.3 Å². The first-order valence-corrected chi connectivity index (χ1v) is 8.73. The third kappa shape index (κ3) is 4.40. The molecule has 0 bridgehead atoms. The maximum atomic E-state index is 12.1. The zero-order valence-corrected chi connectivity index (χ0v) is 14.9. The zero-order chi connectivity index (χ0) is 18.4. The lowest BCUT2D eigenvalue weighted by molar-refractivity contribution is 0.262. The van der Waals surface area contributed by atoms with Crippen LogP contribution in [0.2, 0.25) is 0 Å². The molecule has 2 amide bonds. The molecule has 0 saturated carbocycles. The average Bonchev–Trinajstić information content (AvgIpc) is 3.18. The summed E-state index contributed by atoms with van der Waals surface area (Å²) < 4.78 is 5.21. The van der Waals surface area contributed by atoms with Crippen LogP contribution in [0.1, 0.15) is 4.88 Å². The number of amides is 2. The van der Waals surface area contributed by atoms with E-state index >= 15 is 0 Å². The maximum Gasteiger partial charge on any atom is 0.323 e. The minimum Gasteiger partial charge on any atom is -0.495 e. The quantitative estimate of drug-likeness (QED) is 0.461. The molecule has 0 radical (unpaired) electrons. The molecule has 0 spiro atoms. The number of nitrogens with one attached hydrogen (secondary N) is 2. The van der Waals surface area contributed by atoms with Gasteiger partial charge in [0, 0.05) is 5.69 Å². The van der Waals surface area contributed by atoms with Crippen molar-refractivity contribution in [2.75, 3.05) is 17.7 Å². The lowest BCUT2D eigenvalue weighted by Crippen LogP contribution is -2.19. The topological polar surface area (TPSA) is 88.7 Å². The Bertz CT molecular complexity index is 906. The third-order valence-corrected chi connectivity index (χ3v) is 4.40. The second kappa shape index (κ2) is 8.17. The predicted octanol–water partition coefficient (Wildman–Crippen LogP) is 4.44. The van der Waals surface area contributed by atoms with Crippen LogP contribution < -0.4 is 21.1 Å². The number of nitrogens with zero attached hydrogens (tertiary/aromatic N) is 1. The number of hydrogen-bond acceptors (Lipinski definition) is 4. The monoisotopic (exact) mass is 366 g/mol. The van der Waals surface area contributed by atoms with Gasteiger partial charge in [0.15, 0.2) is 0 Å². The van der Waals surface area contributed by atoms with Crippen molar-refractivity contribution in [2.24, 2.45) is 10.7 Å². The molecule has 0 aliphatic rings. The van der Waals surface area contributed by atoms with Gasteiger partial charge in [0.25, 0.3) is 0 Å². The molecule has 7 heteroatoms. The average molecular weight is 366 g/mol. The van der Waals surface area contributed by atoms with Crippen molar-refractivity contribution in [3.63, 3.8) is 0 Å². The first-order chi connectivity index (χ1) is 12.7. The molecule has 3 rings (SSSR count). The Kier molecular flexibility index (Phi) is 5.50. The molecule has 0 unspecified atom stereocenters. The number of thiophene rings is 1. The lowest BCUT2D eigenvalue weighted by atomic mass is 10.3. The minimum atomic E-state index is -0.358. The Morgan fingerprint density at radius 1 is 1.04 bits per heavy atom. The standard InChI is InChI=1S/C19H18N4O2S/c1-25-16-6-3-2-5-15(16)23-19(24)22-14-10-8-13(9-11-14)21-18(20)17-7-4-12-26-17/h2-12H,1H3,(H2,20,21)(H2,22,23,24). The number of hydrogen-bond donors (Lipinski definition) is 3. The Labute approximate surface area is 155 Å². The number of benzene rings is 2. The highest BCUT2D eigenvalue weighted by Crippen LogP contribution is 2.23. The van der Waals surface area contributed by atoms with E-state index in [0.29, 0.717) is 28.6 Å². The number of nitrogens with two attached hydrogens (primary N) is 1. The Hall–Kier alpha value is -3.32. The van der Waals surface area contributed by atoms with Crippen LogP contribution in [-0.2, 0) is 0 Å². The van der Waals surface area contributed by atoms with Gasteiger partial charge in [-0.05, 0) is 47.8 Å². The van der Waals surface area contributed by atoms with Gasteiger partial charge in [-0.15, -0.1) is 11.3 Å². The van der Waals surface area contributed by atoms with Gasteiger partial charge in [-0.25, -0.2) is 9.79 Å². The van der Waals surface area contributed by atoms with E-state index in [9.17, 15) is 4.79 Å². The van der Waals surface area contributed by atoms with E-state index in [1.165, 1.54) is 11.3 Å². The number of para-hydroxylation sites is 2. The van der Waals surface area contributed by atoms with Crippen LogP contribution >= 0.6 is 11.3 Å². The van der Waals surface area contributed by atoms with Crippen molar-refractivity contribution in [3.8, 4) is 5.75 Å². The van der Waals surface area contributed by atoms with Gasteiger partial charge in [0.2, 0.25) is 0 Å². The summed E-state index contributed by atoms with van der Waals surface area (Å²) >= 11 is 1.53. The fourth-order valence-corrected chi connectivity index (χ4v) is 2.90. The van der Waals surface area contributed by atoms with E-state index < -0.39 is 0 Å². The number of anilines is 2. The summed E-state index contributed by atoms with van der Waals surface area (Å²) in [6.07, 6.45) is 0. The minimum absolute atomic E-state index is 0.358. The predicted molar refractivity (Wildman–Crippen MR) is 107 cm³/mol. The van der Waals surface area contributed by atoms with Crippen molar-refractivity contribution < 1.29 is 9.53 Å². The SMILES string of the molecule is COc1ccccc1NC(=O)Nc1ccc(N=C(N)c2cccs2)cc1. The summed E-state index contributed by atoms with van der Waals surface area (Å²) in [5, 5.41) is 7.47. The molecule has 132 valence electrons. The zero-order valence-electron chi connectivity index (χ0n) is 14.1. The van der Waals surface area contributed by atoms with E-state index in [1.807, 2.05) is 29.6 Å². The molecule has 0 fully saturated rings. The molecular formula is C19H18N4O2S. The Balaban J connectivity index is 1.64. The molecule has 1 heterocycles. The summed E-state index contributed by atoms with van der Waals surface area (Å²) in [6, 6.07) is 17.8. The van der Waals surface area contributed by atoms with Crippen LogP contribution in [0.25, 0.3) is 0 Å². The van der Waals surface area contributed by atoms with Gasteiger partial charge in [-0.1, -0.05) is 18.2 Å². The van der Waals surface area contributed by atoms with Crippen LogP contribution in [0.15, 0.2) is 71.0 Å². The van der Waals surface area contributed by atoms with Crippen LogP contribution in [-0.4, -0.2) is 19.0 Å². The lowest BCUT2D eigenvalue weighted by Gasteiger charge is -2.11. The summed E-state index contributed by atoms with van der Waals surface area (Å²) in [6.45, 7) is 0. The first kappa shape index (κ1) is 17.5. The molecule has 6 nitrogen and oxygen atoms in total. The van der Waals surface area contributed by atoms with Crippen molar-refractivity contribution in [1.29, 1.82) is 0 Å². The fourth-order valence-electron chi connectivity index (χ4n) is 2.27. The summed E-state index contributed by atoms with van der Waals surface area (Å²) in [7, 11) is 1.56. The maximum absolute atomic E-state index is 12.1. The Morgan fingerprint density at radius 2 is 1.81 bits per heavy atom. The second-order valence-corrected chi connectivity index (χ2v) is 6.25. The summed E-state index contributed by atoms with van der Waals surface area (Å²) in [4.78, 5) is 17.4. The number of carbonyl (C=O) groups excluding carboxylic acids is 1. The van der Waals surface area contributed by atoms with Crippen LogP contribution in [0.4, 0.5) is 21.9 Å². The molecule has 3 aromatic rings. The van der Waals surface area contributed by atoms with Crippen LogP contribution in [0.5, 0.6) is 5.75 Å². The first-order valence-electron chi connectivity index (χ1n) is 7.85. The highest BCUT2D eigenvalue weighted by Gasteiger charge is 2.07. The Morgan fingerprint density at radius 3 is 2.50 bits per heavy atom. The van der Waals surface area contributed by atoms with Gasteiger partial charge in [-0.2, -0.15) is 0 Å². The van der Waals surface area contributed by atoms with Gasteiger partial charge >= 0.3 is 6.03 Å². The molecule has 2 aromatic carbocycles. The van der Waals surface area contributed by atoms with Crippen LogP contribution in [0.3, 0.4) is 0 Å². The molecular weight excluding hydrogens is 348 g/mol. The van der Waals surface area contributed by atoms with E-state index in [0.717, 1.165) is 4.88 Å². The number of rotatable bonds is 5. The van der Waals surface area contributed by atoms with E-state index in [4.69, 9.17) is 10.5 Å². The summed E-state index contributed by atoms with van der Waals surface area (Å²) in [5.74, 6) is 1.06. The van der Waals surface area contributed by atoms with Gasteiger partial charge < -0.3 is 21.1 Å². The van der Waals surface area contributed by atoms with E-state index in [-0.39, 0.29) is 6.03 Å². The fraction of sp³-hybridized carbons (Fsp3) is 0.0526. The molecule has 4 N–H and O–H groups in total. The van der Waals surface area contributed by atoms with E-state index in [2.05, 4.69) is 15.6 Å². The van der Waals surface area contributed by atoms with Gasteiger partial charge in [-0.3, -0.25) is 0 Å². The van der Waals surface area contributed by atoms with Crippen LogP contribution in [0, 0.1) is 0 Å². The van der Waals surface area contributed by atoms with Crippen molar-refractivity contribution in [2.45, 2.75) is 0 Å². The molecule has 1 aromatic heterocycles. The smallest absolute Gasteiger partial charge is 0.323 e. The molecule has 26 heavy (non-hydrogen) atoms. The highest BCUT2D eigenvalue weighted by molar-refractivity contribution is 7.12. The molecule has 0 aliphatic carbocycles. The number of carbonyl (C=O) groups is 1. The number of urea groups is 1. The number of ether oxygens (including phenoxy) is 1. The molecule has 0 saturated heterocycles. The summed E-state index contributed by atoms with van der Waals surface area (Å²) in [5.41, 5.74) is 7.93. The third-order valence-electron chi connectivity index (χ3n) is 3.50. The number of amidine groups is 1. The number of methoxy groups -OCH3 is 1. The second-order valence-electron chi connectivity index (χ2n) is 5.30.